The molecule has 3 heterocycles. The van der Waals surface area contributed by atoms with Gasteiger partial charge in [0.15, 0.2) is 17.3 Å². The molecular weight excluding hydrogens is 502 g/mol. The molecule has 0 fully saturated rings. The number of nitrogens with zero attached hydrogens (tertiary/aromatic N) is 3. The molecule has 0 spiro atoms. The lowest BCUT2D eigenvalue weighted by molar-refractivity contribution is 0.0638. The van der Waals surface area contributed by atoms with Gasteiger partial charge in [-0.15, -0.1) is 11.3 Å². The Hall–Kier alpha value is -2.89. The number of benzene rings is 1. The van der Waals surface area contributed by atoms with Gasteiger partial charge >= 0.3 is 0 Å². The van der Waals surface area contributed by atoms with Crippen molar-refractivity contribution in [2.24, 2.45) is 0 Å². The first-order chi connectivity index (χ1) is 16.9. The largest absolute Gasteiger partial charge is 0.493 e. The molecular formula is C25H31N3O6S2. The van der Waals surface area contributed by atoms with E-state index in [1.54, 1.807) is 30.4 Å². The SMILES string of the molecule is COc1cc2c(cc1OCCOS(C)(=O)=O)-c1c(-c3cccs3)nc(C(=O)N(C)C(C)(C)C)n1CC2. The van der Waals surface area contributed by atoms with E-state index in [0.29, 0.717) is 30.3 Å². The van der Waals surface area contributed by atoms with Crippen molar-refractivity contribution in [2.75, 3.05) is 33.6 Å². The molecule has 11 heteroatoms. The van der Waals surface area contributed by atoms with Crippen LogP contribution in [-0.2, 0) is 27.3 Å². The van der Waals surface area contributed by atoms with Crippen molar-refractivity contribution in [3.8, 4) is 33.3 Å². The van der Waals surface area contributed by atoms with Gasteiger partial charge in [-0.2, -0.15) is 8.42 Å². The average Bonchev–Trinajstić information content (AvgIpc) is 3.47. The molecule has 1 aliphatic heterocycles. The molecule has 3 aromatic rings. The Morgan fingerprint density at radius 3 is 2.58 bits per heavy atom. The Labute approximate surface area is 215 Å². The van der Waals surface area contributed by atoms with Gasteiger partial charge in [0.1, 0.15) is 18.9 Å². The minimum absolute atomic E-state index is 0.0272. The number of hydrogen-bond donors (Lipinski definition) is 0. The van der Waals surface area contributed by atoms with E-state index in [1.807, 2.05) is 55.0 Å². The molecule has 36 heavy (non-hydrogen) atoms. The van der Waals surface area contributed by atoms with Crippen LogP contribution in [0.3, 0.4) is 0 Å². The summed E-state index contributed by atoms with van der Waals surface area (Å²) in [6, 6.07) is 7.76. The molecule has 0 unspecified atom stereocenters. The first-order valence-electron chi connectivity index (χ1n) is 11.5. The highest BCUT2D eigenvalue weighted by atomic mass is 32.2. The minimum atomic E-state index is -3.56. The normalized spacial score (nSPS) is 13.2. The second kappa shape index (κ2) is 9.87. The lowest BCUT2D eigenvalue weighted by atomic mass is 9.96. The Morgan fingerprint density at radius 2 is 1.97 bits per heavy atom. The second-order valence-corrected chi connectivity index (χ2v) is 12.2. The predicted molar refractivity (Wildman–Crippen MR) is 139 cm³/mol. The summed E-state index contributed by atoms with van der Waals surface area (Å²) in [4.78, 5) is 21.1. The number of aryl methyl sites for hydroxylation is 1. The monoisotopic (exact) mass is 533 g/mol. The Balaban J connectivity index is 1.80. The maximum atomic E-state index is 13.5. The molecule has 0 atom stereocenters. The summed E-state index contributed by atoms with van der Waals surface area (Å²) in [6.45, 7) is 6.48. The summed E-state index contributed by atoms with van der Waals surface area (Å²) in [5.41, 5.74) is 3.19. The molecule has 0 radical (unpaired) electrons. The lowest BCUT2D eigenvalue weighted by Gasteiger charge is -2.32. The van der Waals surface area contributed by atoms with Crippen LogP contribution in [0.1, 0.15) is 37.0 Å². The van der Waals surface area contributed by atoms with Crippen molar-refractivity contribution in [3.05, 3.63) is 41.0 Å². The smallest absolute Gasteiger partial charge is 0.290 e. The van der Waals surface area contributed by atoms with E-state index in [1.165, 1.54) is 0 Å². The number of thiophene rings is 1. The zero-order valence-corrected chi connectivity index (χ0v) is 23.0. The van der Waals surface area contributed by atoms with E-state index < -0.39 is 10.1 Å². The summed E-state index contributed by atoms with van der Waals surface area (Å²) in [6.07, 6.45) is 1.69. The number of ether oxygens (including phenoxy) is 2. The second-order valence-electron chi connectivity index (χ2n) is 9.58. The summed E-state index contributed by atoms with van der Waals surface area (Å²) in [7, 11) is -0.207. The number of hydrogen-bond acceptors (Lipinski definition) is 8. The van der Waals surface area contributed by atoms with Gasteiger partial charge in [0.25, 0.3) is 16.0 Å². The molecule has 0 bridgehead atoms. The number of imidazole rings is 1. The topological polar surface area (TPSA) is 100.0 Å². The zero-order valence-electron chi connectivity index (χ0n) is 21.3. The quantitative estimate of drug-likeness (QED) is 0.318. The molecule has 0 aliphatic carbocycles. The van der Waals surface area contributed by atoms with Crippen LogP contribution in [0.15, 0.2) is 29.6 Å². The van der Waals surface area contributed by atoms with Crippen LogP contribution in [0.4, 0.5) is 0 Å². The maximum absolute atomic E-state index is 13.5. The number of aromatic nitrogens is 2. The Bertz CT molecular complexity index is 1370. The van der Waals surface area contributed by atoms with Crippen molar-refractivity contribution in [1.82, 2.24) is 14.5 Å². The minimum Gasteiger partial charge on any atom is -0.493 e. The summed E-state index contributed by atoms with van der Waals surface area (Å²) >= 11 is 1.56. The van der Waals surface area contributed by atoms with E-state index in [0.717, 1.165) is 33.6 Å². The van der Waals surface area contributed by atoms with E-state index in [9.17, 15) is 13.2 Å². The number of methoxy groups -OCH3 is 1. The third-order valence-corrected chi connectivity index (χ3v) is 7.58. The van der Waals surface area contributed by atoms with Crippen LogP contribution in [-0.4, -0.2) is 67.9 Å². The summed E-state index contributed by atoms with van der Waals surface area (Å²) in [5.74, 6) is 1.26. The highest BCUT2D eigenvalue weighted by Gasteiger charge is 2.33. The first kappa shape index (κ1) is 26.2. The summed E-state index contributed by atoms with van der Waals surface area (Å²) < 4.78 is 40.7. The highest BCUT2D eigenvalue weighted by Crippen LogP contribution is 2.44. The van der Waals surface area contributed by atoms with Crippen molar-refractivity contribution >= 4 is 27.4 Å². The number of fused-ring (bicyclic) bond motifs is 3. The van der Waals surface area contributed by atoms with Crippen molar-refractivity contribution in [2.45, 2.75) is 39.3 Å². The molecule has 9 nitrogen and oxygen atoms in total. The van der Waals surface area contributed by atoms with E-state index in [4.69, 9.17) is 18.6 Å². The molecule has 0 N–H and O–H groups in total. The fourth-order valence-electron chi connectivity index (χ4n) is 4.02. The number of carbonyl (C=O) groups is 1. The van der Waals surface area contributed by atoms with Crippen LogP contribution in [0.2, 0.25) is 0 Å². The van der Waals surface area contributed by atoms with E-state index >= 15 is 0 Å². The van der Waals surface area contributed by atoms with E-state index in [-0.39, 0.29) is 24.7 Å². The molecule has 0 saturated carbocycles. The fraction of sp³-hybridized carbons (Fsp3) is 0.440. The fourth-order valence-corrected chi connectivity index (χ4v) is 5.10. The van der Waals surface area contributed by atoms with Crippen LogP contribution >= 0.6 is 11.3 Å². The molecule has 1 aliphatic rings. The van der Waals surface area contributed by atoms with Crippen LogP contribution < -0.4 is 9.47 Å². The average molecular weight is 534 g/mol. The van der Waals surface area contributed by atoms with Gasteiger partial charge in [0, 0.05) is 24.7 Å². The van der Waals surface area contributed by atoms with Gasteiger partial charge < -0.3 is 18.9 Å². The van der Waals surface area contributed by atoms with Gasteiger partial charge in [0.2, 0.25) is 0 Å². The molecule has 2 aromatic heterocycles. The van der Waals surface area contributed by atoms with Crippen molar-refractivity contribution < 1.29 is 26.9 Å². The molecule has 1 amide bonds. The molecule has 4 rings (SSSR count). The van der Waals surface area contributed by atoms with Gasteiger partial charge in [0.05, 0.1) is 23.9 Å². The number of amides is 1. The number of rotatable bonds is 8. The third kappa shape index (κ3) is 5.28. The van der Waals surface area contributed by atoms with E-state index in [2.05, 4.69) is 0 Å². The maximum Gasteiger partial charge on any atom is 0.290 e. The third-order valence-electron chi connectivity index (χ3n) is 6.11. The van der Waals surface area contributed by atoms with Crippen LogP contribution in [0, 0.1) is 0 Å². The van der Waals surface area contributed by atoms with Crippen LogP contribution in [0.5, 0.6) is 11.5 Å². The standard InChI is InChI=1S/C25H31N3O6S2/c1-25(2,3)27(4)24(29)23-26-21(20-8-7-13-35-20)22-17-15-19(33-11-12-34-36(6,30)31)18(32-5)14-16(17)9-10-28(22)23/h7-8,13-15H,9-12H2,1-6H3. The van der Waals surface area contributed by atoms with Gasteiger partial charge in [-0.1, -0.05) is 6.07 Å². The Kier molecular flexibility index (Phi) is 7.18. The highest BCUT2D eigenvalue weighted by molar-refractivity contribution is 7.85. The van der Waals surface area contributed by atoms with Crippen molar-refractivity contribution in [3.63, 3.8) is 0 Å². The predicted octanol–water partition coefficient (Wildman–Crippen LogP) is 4.07. The lowest BCUT2D eigenvalue weighted by Crippen LogP contribution is -2.43. The van der Waals surface area contributed by atoms with Crippen molar-refractivity contribution in [1.29, 1.82) is 0 Å². The summed E-state index contributed by atoms with van der Waals surface area (Å²) in [5, 5.41) is 1.98. The zero-order chi connectivity index (χ0) is 26.3. The molecule has 0 saturated heterocycles. The van der Waals surface area contributed by atoms with Gasteiger partial charge in [-0.3, -0.25) is 8.98 Å². The number of carbonyl (C=O) groups excluding carboxylic acids is 1. The molecule has 1 aromatic carbocycles. The molecule has 194 valence electrons. The Morgan fingerprint density at radius 1 is 1.22 bits per heavy atom. The first-order valence-corrected chi connectivity index (χ1v) is 14.2. The van der Waals surface area contributed by atoms with Crippen LogP contribution in [0.25, 0.3) is 21.8 Å². The van der Waals surface area contributed by atoms with Gasteiger partial charge in [-0.05, 0) is 56.3 Å². The van der Waals surface area contributed by atoms with Gasteiger partial charge in [-0.25, -0.2) is 4.98 Å².